The van der Waals surface area contributed by atoms with Crippen molar-refractivity contribution in [2.75, 3.05) is 17.4 Å². The number of nitrogens with zero attached hydrogens (tertiary/aromatic N) is 2. The van der Waals surface area contributed by atoms with Gasteiger partial charge in [0, 0.05) is 29.6 Å². The molecule has 0 heterocycles. The number of anilines is 1. The number of amides is 2. The van der Waals surface area contributed by atoms with Gasteiger partial charge in [-0.1, -0.05) is 102 Å². The van der Waals surface area contributed by atoms with Crippen LogP contribution in [0, 0.1) is 13.8 Å². The van der Waals surface area contributed by atoms with Crippen LogP contribution in [0.3, 0.4) is 0 Å². The fourth-order valence-corrected chi connectivity index (χ4v) is 6.71. The lowest BCUT2D eigenvalue weighted by Crippen LogP contribution is -2.53. The van der Waals surface area contributed by atoms with E-state index in [2.05, 4.69) is 5.32 Å². The highest BCUT2D eigenvalue weighted by Crippen LogP contribution is 2.27. The van der Waals surface area contributed by atoms with Gasteiger partial charge in [-0.15, -0.1) is 0 Å². The number of benzene rings is 4. The van der Waals surface area contributed by atoms with Gasteiger partial charge in [0.05, 0.1) is 10.6 Å². The van der Waals surface area contributed by atoms with Gasteiger partial charge in [-0.25, -0.2) is 8.42 Å². The number of rotatable bonds is 13. The molecular weight excluding hydrogens is 629 g/mol. The molecule has 1 N–H and O–H groups in total. The Bertz CT molecular complexity index is 1710. The summed E-state index contributed by atoms with van der Waals surface area (Å²) in [5.74, 6) is -0.910. The second-order valence-corrected chi connectivity index (χ2v) is 13.6. The Morgan fingerprint density at radius 2 is 1.47 bits per heavy atom. The summed E-state index contributed by atoms with van der Waals surface area (Å²) in [6.07, 6.45) is 0.916. The van der Waals surface area contributed by atoms with Crippen molar-refractivity contribution < 1.29 is 18.0 Å². The van der Waals surface area contributed by atoms with Crippen LogP contribution in [-0.4, -0.2) is 44.3 Å². The summed E-state index contributed by atoms with van der Waals surface area (Å²) in [6.45, 7) is 5.54. The average molecular weight is 667 g/mol. The van der Waals surface area contributed by atoms with Crippen molar-refractivity contribution in [3.8, 4) is 0 Å². The van der Waals surface area contributed by atoms with E-state index in [1.807, 2.05) is 51.1 Å². The van der Waals surface area contributed by atoms with Crippen LogP contribution in [0.1, 0.15) is 35.6 Å². The summed E-state index contributed by atoms with van der Waals surface area (Å²) in [5.41, 5.74) is 3.58. The molecule has 236 valence electrons. The van der Waals surface area contributed by atoms with E-state index in [9.17, 15) is 18.0 Å². The smallest absolute Gasteiger partial charge is 0.264 e. The van der Waals surface area contributed by atoms with Crippen molar-refractivity contribution in [1.82, 2.24) is 10.2 Å². The van der Waals surface area contributed by atoms with Crippen LogP contribution in [0.4, 0.5) is 5.69 Å². The van der Waals surface area contributed by atoms with Gasteiger partial charge in [0.2, 0.25) is 11.8 Å². The first kappa shape index (κ1) is 34.0. The van der Waals surface area contributed by atoms with Gasteiger partial charge in [-0.2, -0.15) is 0 Å². The molecule has 45 heavy (non-hydrogen) atoms. The second-order valence-electron chi connectivity index (χ2n) is 10.9. The summed E-state index contributed by atoms with van der Waals surface area (Å²) in [6, 6.07) is 26.8. The van der Waals surface area contributed by atoms with Gasteiger partial charge in [0.1, 0.15) is 12.6 Å². The number of carbonyl (C=O) groups excluding carboxylic acids is 2. The minimum Gasteiger partial charge on any atom is -0.354 e. The highest BCUT2D eigenvalue weighted by molar-refractivity contribution is 7.92. The molecule has 4 rings (SSSR count). The molecule has 0 bridgehead atoms. The number of halogens is 2. The molecule has 4 aromatic rings. The molecule has 7 nitrogen and oxygen atoms in total. The highest BCUT2D eigenvalue weighted by Gasteiger charge is 2.34. The van der Waals surface area contributed by atoms with Gasteiger partial charge in [0.15, 0.2) is 0 Å². The van der Waals surface area contributed by atoms with Gasteiger partial charge >= 0.3 is 0 Å². The van der Waals surface area contributed by atoms with E-state index >= 15 is 0 Å². The van der Waals surface area contributed by atoms with E-state index in [1.54, 1.807) is 54.6 Å². The van der Waals surface area contributed by atoms with E-state index in [0.717, 1.165) is 21.0 Å². The van der Waals surface area contributed by atoms with Crippen LogP contribution in [0.15, 0.2) is 102 Å². The third-order valence-electron chi connectivity index (χ3n) is 7.39. The fraction of sp³-hybridized carbons (Fsp3) is 0.257. The fourth-order valence-electron chi connectivity index (χ4n) is 4.83. The van der Waals surface area contributed by atoms with Crippen molar-refractivity contribution in [3.63, 3.8) is 0 Å². The SMILES string of the molecule is CCCNC(=O)[C@@H](Cc1ccccc1)N(Cc1ccc(Cl)cc1Cl)C(=O)CN(c1ccc(C)cc1)S(=O)(=O)c1ccc(C)cc1. The summed E-state index contributed by atoms with van der Waals surface area (Å²) in [5, 5.41) is 3.69. The van der Waals surface area contributed by atoms with Gasteiger partial charge in [-0.05, 0) is 67.8 Å². The molecule has 2 amide bonds. The third-order valence-corrected chi connectivity index (χ3v) is 9.76. The van der Waals surface area contributed by atoms with Crippen LogP contribution >= 0.6 is 23.2 Å². The van der Waals surface area contributed by atoms with Crippen LogP contribution in [-0.2, 0) is 32.6 Å². The molecule has 0 unspecified atom stereocenters. The van der Waals surface area contributed by atoms with Crippen LogP contribution in [0.2, 0.25) is 10.0 Å². The maximum atomic E-state index is 14.5. The molecule has 0 aliphatic carbocycles. The Kier molecular flexibility index (Phi) is 11.7. The van der Waals surface area contributed by atoms with Crippen molar-refractivity contribution in [3.05, 3.63) is 129 Å². The molecule has 0 saturated carbocycles. The molecule has 0 spiro atoms. The Balaban J connectivity index is 1.81. The summed E-state index contributed by atoms with van der Waals surface area (Å²) < 4.78 is 29.3. The molecule has 0 radical (unpaired) electrons. The molecule has 0 fully saturated rings. The Labute approximate surface area is 275 Å². The van der Waals surface area contributed by atoms with Crippen molar-refractivity contribution in [2.24, 2.45) is 0 Å². The number of hydrogen-bond donors (Lipinski definition) is 1. The molecule has 0 aromatic heterocycles. The first-order valence-electron chi connectivity index (χ1n) is 14.7. The normalized spacial score (nSPS) is 11.9. The first-order chi connectivity index (χ1) is 21.5. The quantitative estimate of drug-likeness (QED) is 0.167. The number of carbonyl (C=O) groups is 2. The average Bonchev–Trinajstić information content (AvgIpc) is 3.02. The summed E-state index contributed by atoms with van der Waals surface area (Å²) >= 11 is 12.7. The number of sulfonamides is 1. The zero-order valence-corrected chi connectivity index (χ0v) is 27.9. The van der Waals surface area contributed by atoms with Crippen molar-refractivity contribution >= 4 is 50.7 Å². The topological polar surface area (TPSA) is 86.8 Å². The molecule has 1 atom stereocenters. The van der Waals surface area contributed by atoms with Gasteiger partial charge in [0.25, 0.3) is 10.0 Å². The van der Waals surface area contributed by atoms with E-state index in [4.69, 9.17) is 23.2 Å². The zero-order valence-electron chi connectivity index (χ0n) is 25.5. The lowest BCUT2D eigenvalue weighted by atomic mass is 10.0. The van der Waals surface area contributed by atoms with E-state index in [-0.39, 0.29) is 23.8 Å². The van der Waals surface area contributed by atoms with Crippen molar-refractivity contribution in [2.45, 2.75) is 51.1 Å². The number of nitrogens with one attached hydrogen (secondary N) is 1. The lowest BCUT2D eigenvalue weighted by Gasteiger charge is -2.34. The monoisotopic (exact) mass is 665 g/mol. The summed E-state index contributed by atoms with van der Waals surface area (Å²) in [4.78, 5) is 29.7. The van der Waals surface area contributed by atoms with Crippen LogP contribution < -0.4 is 9.62 Å². The molecule has 0 aliphatic rings. The molecular formula is C35H37Cl2N3O4S. The van der Waals surface area contributed by atoms with Crippen molar-refractivity contribution in [1.29, 1.82) is 0 Å². The van der Waals surface area contributed by atoms with Crippen LogP contribution in [0.5, 0.6) is 0 Å². The molecule has 10 heteroatoms. The predicted octanol–water partition coefficient (Wildman–Crippen LogP) is 6.97. The summed E-state index contributed by atoms with van der Waals surface area (Å²) in [7, 11) is -4.18. The van der Waals surface area contributed by atoms with Gasteiger partial charge < -0.3 is 10.2 Å². The predicted molar refractivity (Wildman–Crippen MR) is 181 cm³/mol. The second kappa shape index (κ2) is 15.4. The van der Waals surface area contributed by atoms with E-state index in [1.165, 1.54) is 17.0 Å². The standard InChI is InChI=1S/C35H37Cl2N3O4S/c1-4-20-38-35(42)33(21-27-8-6-5-7-9-27)39(23-28-14-15-29(36)22-32(28)37)34(41)24-40(30-16-10-25(2)11-17-30)45(43,44)31-18-12-26(3)13-19-31/h5-19,22,33H,4,20-21,23-24H2,1-3H3,(H,38,42)/t33-/m1/s1. The Morgan fingerprint density at radius 1 is 0.844 bits per heavy atom. The maximum absolute atomic E-state index is 14.5. The highest BCUT2D eigenvalue weighted by atomic mass is 35.5. The maximum Gasteiger partial charge on any atom is 0.264 e. The number of hydrogen-bond acceptors (Lipinski definition) is 4. The molecule has 0 saturated heterocycles. The largest absolute Gasteiger partial charge is 0.354 e. The lowest BCUT2D eigenvalue weighted by molar-refractivity contribution is -0.140. The van der Waals surface area contributed by atoms with E-state index in [0.29, 0.717) is 34.3 Å². The minimum atomic E-state index is -4.18. The Morgan fingerprint density at radius 3 is 2.07 bits per heavy atom. The number of aryl methyl sites for hydroxylation is 2. The Hall–Kier alpha value is -3.85. The van der Waals surface area contributed by atoms with Crippen LogP contribution in [0.25, 0.3) is 0 Å². The molecule has 0 aliphatic heterocycles. The first-order valence-corrected chi connectivity index (χ1v) is 16.9. The van der Waals surface area contributed by atoms with Gasteiger partial charge in [-0.3, -0.25) is 13.9 Å². The third kappa shape index (κ3) is 8.87. The zero-order chi connectivity index (χ0) is 32.6. The van der Waals surface area contributed by atoms with E-state index < -0.39 is 28.5 Å². The minimum absolute atomic E-state index is 0.0435. The molecule has 4 aromatic carbocycles.